The summed E-state index contributed by atoms with van der Waals surface area (Å²) in [6, 6.07) is 9.13. The van der Waals surface area contributed by atoms with Crippen molar-refractivity contribution in [2.24, 2.45) is 17.8 Å². The Bertz CT molecular complexity index is 832. The molecule has 24 heavy (non-hydrogen) atoms. The molecule has 0 amide bonds. The van der Waals surface area contributed by atoms with Crippen LogP contribution in [-0.2, 0) is 15.6 Å². The van der Waals surface area contributed by atoms with Crippen LogP contribution in [0.5, 0.6) is 5.75 Å². The van der Waals surface area contributed by atoms with Crippen molar-refractivity contribution in [3.8, 4) is 17.1 Å². The Morgan fingerprint density at radius 3 is 2.79 bits per heavy atom. The molecule has 128 valence electrons. The van der Waals surface area contributed by atoms with Crippen LogP contribution in [-0.4, -0.2) is 26.4 Å². The number of ether oxygens (including phenoxy) is 1. The summed E-state index contributed by atoms with van der Waals surface area (Å²) in [7, 11) is -1.54. The molecule has 0 saturated heterocycles. The quantitative estimate of drug-likeness (QED) is 0.802. The molecule has 2 saturated carbocycles. The highest BCUT2D eigenvalue weighted by atomic mass is 32.2. The summed E-state index contributed by atoms with van der Waals surface area (Å²) in [5.41, 5.74) is 1.29. The molecule has 0 N–H and O–H groups in total. The van der Waals surface area contributed by atoms with Crippen LogP contribution in [0, 0.1) is 17.8 Å². The average Bonchev–Trinajstić information content (AvgIpc) is 2.99. The van der Waals surface area contributed by atoms with Gasteiger partial charge in [0.1, 0.15) is 5.75 Å². The lowest BCUT2D eigenvalue weighted by Crippen LogP contribution is -2.13. The molecule has 0 spiro atoms. The summed E-state index contributed by atoms with van der Waals surface area (Å²) in [6.07, 6.45) is 3.67. The minimum absolute atomic E-state index is 0.0452. The van der Waals surface area contributed by atoms with Gasteiger partial charge in [0.2, 0.25) is 0 Å². The third-order valence-corrected chi connectivity index (χ3v) is 6.94. The van der Waals surface area contributed by atoms with E-state index in [4.69, 9.17) is 9.26 Å². The van der Waals surface area contributed by atoms with Gasteiger partial charge < -0.3 is 9.26 Å². The molecular weight excluding hydrogens is 326 g/mol. The van der Waals surface area contributed by atoms with Gasteiger partial charge in [-0.05, 0) is 42.7 Å². The molecule has 6 heteroatoms. The Kier molecular flexibility index (Phi) is 3.87. The Morgan fingerprint density at radius 2 is 2.04 bits per heavy atom. The molecule has 2 fully saturated rings. The van der Waals surface area contributed by atoms with Gasteiger partial charge >= 0.3 is 0 Å². The van der Waals surface area contributed by atoms with E-state index in [2.05, 4.69) is 5.16 Å². The van der Waals surface area contributed by atoms with Gasteiger partial charge in [-0.1, -0.05) is 23.7 Å². The number of aromatic nitrogens is 1. The maximum Gasteiger partial charge on any atom is 0.167 e. The van der Waals surface area contributed by atoms with Crippen molar-refractivity contribution in [1.82, 2.24) is 5.16 Å². The molecule has 0 aliphatic heterocycles. The van der Waals surface area contributed by atoms with E-state index in [-0.39, 0.29) is 5.75 Å². The van der Waals surface area contributed by atoms with Crippen LogP contribution in [0.15, 0.2) is 34.9 Å². The zero-order chi connectivity index (χ0) is 16.7. The molecule has 5 nitrogen and oxygen atoms in total. The maximum atomic E-state index is 12.4. The Morgan fingerprint density at radius 1 is 1.25 bits per heavy atom. The van der Waals surface area contributed by atoms with Gasteiger partial charge in [-0.25, -0.2) is 8.42 Å². The molecule has 0 bridgehead atoms. The van der Waals surface area contributed by atoms with E-state index >= 15 is 0 Å². The van der Waals surface area contributed by atoms with Gasteiger partial charge in [-0.15, -0.1) is 0 Å². The lowest BCUT2D eigenvalue weighted by molar-refractivity contribution is 0.412. The van der Waals surface area contributed by atoms with Gasteiger partial charge in [0.15, 0.2) is 15.6 Å². The fourth-order valence-corrected chi connectivity index (χ4v) is 5.87. The van der Waals surface area contributed by atoms with Crippen LogP contribution in [0.2, 0.25) is 0 Å². The molecule has 2 atom stereocenters. The standard InChI is InChI=1S/C18H21NO4S/c1-22-14-5-2-4-12(8-14)18-9-13(19-23-18)10-24(20,21)11-17-15-6-3-7-16(15)17/h2,4-5,8-9,15-17H,3,6-7,10-11H2,1H3. The van der Waals surface area contributed by atoms with Crippen molar-refractivity contribution in [1.29, 1.82) is 0 Å². The van der Waals surface area contributed by atoms with E-state index in [1.54, 1.807) is 13.2 Å². The fourth-order valence-electron chi connectivity index (χ4n) is 4.09. The van der Waals surface area contributed by atoms with Gasteiger partial charge in [0.25, 0.3) is 0 Å². The van der Waals surface area contributed by atoms with Crippen LogP contribution in [0.1, 0.15) is 25.0 Å². The SMILES string of the molecule is COc1cccc(-c2cc(CS(=O)(=O)CC3C4CCCC43)no2)c1. The van der Waals surface area contributed by atoms with E-state index in [0.29, 0.717) is 35.0 Å². The lowest BCUT2D eigenvalue weighted by atomic mass is 10.1. The normalized spacial score (nSPS) is 25.5. The van der Waals surface area contributed by atoms with Crippen molar-refractivity contribution < 1.29 is 17.7 Å². The molecule has 2 aliphatic carbocycles. The first-order valence-electron chi connectivity index (χ1n) is 8.36. The highest BCUT2D eigenvalue weighted by Gasteiger charge is 2.53. The number of nitrogens with zero attached hydrogens (tertiary/aromatic N) is 1. The van der Waals surface area contributed by atoms with Crippen LogP contribution in [0.25, 0.3) is 11.3 Å². The van der Waals surface area contributed by atoms with Gasteiger partial charge in [-0.2, -0.15) is 0 Å². The fraction of sp³-hybridized carbons (Fsp3) is 0.500. The first-order chi connectivity index (χ1) is 11.6. The van der Waals surface area contributed by atoms with Crippen LogP contribution >= 0.6 is 0 Å². The summed E-state index contributed by atoms with van der Waals surface area (Å²) in [5.74, 6) is 3.23. The number of fused-ring (bicyclic) bond motifs is 1. The molecular formula is C18H21NO4S. The average molecular weight is 347 g/mol. The summed E-state index contributed by atoms with van der Waals surface area (Å²) in [4.78, 5) is 0. The first-order valence-corrected chi connectivity index (χ1v) is 10.2. The zero-order valence-electron chi connectivity index (χ0n) is 13.6. The van der Waals surface area contributed by atoms with Crippen molar-refractivity contribution in [3.63, 3.8) is 0 Å². The predicted octanol–water partition coefficient (Wildman–Crippen LogP) is 3.31. The van der Waals surface area contributed by atoms with E-state index in [1.165, 1.54) is 19.3 Å². The molecule has 0 radical (unpaired) electrons. The minimum Gasteiger partial charge on any atom is -0.497 e. The highest BCUT2D eigenvalue weighted by molar-refractivity contribution is 7.90. The third kappa shape index (κ3) is 3.07. The number of rotatable bonds is 6. The van der Waals surface area contributed by atoms with Gasteiger partial charge in [-0.3, -0.25) is 0 Å². The number of hydrogen-bond donors (Lipinski definition) is 0. The highest BCUT2D eigenvalue weighted by Crippen LogP contribution is 2.57. The second-order valence-electron chi connectivity index (χ2n) is 6.89. The number of methoxy groups -OCH3 is 1. The Hall–Kier alpha value is -1.82. The zero-order valence-corrected chi connectivity index (χ0v) is 14.5. The molecule has 2 unspecified atom stereocenters. The van der Waals surface area contributed by atoms with Crippen LogP contribution in [0.4, 0.5) is 0 Å². The van der Waals surface area contributed by atoms with Gasteiger partial charge in [0.05, 0.1) is 24.3 Å². The monoisotopic (exact) mass is 347 g/mol. The summed E-state index contributed by atoms with van der Waals surface area (Å²) < 4.78 is 35.4. The third-order valence-electron chi connectivity index (χ3n) is 5.31. The lowest BCUT2D eigenvalue weighted by Gasteiger charge is -2.03. The maximum absolute atomic E-state index is 12.4. The summed E-state index contributed by atoms with van der Waals surface area (Å²) in [5, 5.41) is 3.94. The molecule has 1 heterocycles. The second-order valence-corrected chi connectivity index (χ2v) is 9.00. The van der Waals surface area contributed by atoms with Crippen molar-refractivity contribution >= 4 is 9.84 Å². The van der Waals surface area contributed by atoms with E-state index in [1.807, 2.05) is 24.3 Å². The van der Waals surface area contributed by atoms with Crippen molar-refractivity contribution in [2.45, 2.75) is 25.0 Å². The van der Waals surface area contributed by atoms with E-state index < -0.39 is 9.84 Å². The van der Waals surface area contributed by atoms with E-state index in [0.717, 1.165) is 11.3 Å². The van der Waals surface area contributed by atoms with Crippen molar-refractivity contribution in [3.05, 3.63) is 36.0 Å². The number of benzene rings is 1. The van der Waals surface area contributed by atoms with Crippen LogP contribution < -0.4 is 4.74 Å². The summed E-state index contributed by atoms with van der Waals surface area (Å²) >= 11 is 0. The predicted molar refractivity (Wildman–Crippen MR) is 90.3 cm³/mol. The van der Waals surface area contributed by atoms with Crippen molar-refractivity contribution in [2.75, 3.05) is 12.9 Å². The minimum atomic E-state index is -3.14. The topological polar surface area (TPSA) is 69.4 Å². The summed E-state index contributed by atoms with van der Waals surface area (Å²) in [6.45, 7) is 0. The Labute approximate surface area is 141 Å². The molecule has 1 aromatic heterocycles. The Balaban J connectivity index is 1.44. The first kappa shape index (κ1) is 15.7. The largest absolute Gasteiger partial charge is 0.497 e. The molecule has 4 rings (SSSR count). The van der Waals surface area contributed by atoms with Crippen LogP contribution in [0.3, 0.4) is 0 Å². The van der Waals surface area contributed by atoms with Gasteiger partial charge in [0, 0.05) is 11.6 Å². The molecule has 1 aromatic carbocycles. The molecule has 2 aliphatic rings. The second kappa shape index (κ2) is 5.92. The smallest absolute Gasteiger partial charge is 0.167 e. The van der Waals surface area contributed by atoms with E-state index in [9.17, 15) is 8.42 Å². The number of hydrogen-bond acceptors (Lipinski definition) is 5. The number of sulfone groups is 1. The molecule has 2 aromatic rings.